The fourth-order valence-corrected chi connectivity index (χ4v) is 2.24. The van der Waals surface area contributed by atoms with Crippen LogP contribution in [0.2, 0.25) is 0 Å². The molecule has 0 saturated heterocycles. The first-order valence-corrected chi connectivity index (χ1v) is 9.87. The number of ether oxygens (including phenoxy) is 4. The Morgan fingerprint density at radius 3 is 1.75 bits per heavy atom. The van der Waals surface area contributed by atoms with Gasteiger partial charge in [0.1, 0.15) is 6.61 Å². The molecule has 0 atom stereocenters. The monoisotopic (exact) mass is 344 g/mol. The third-order valence-corrected chi connectivity index (χ3v) is 3.65. The first-order valence-electron chi connectivity index (χ1n) is 9.87. The fraction of sp³-hybridized carbons (Fsp3) is 0.900. The van der Waals surface area contributed by atoms with Crippen molar-refractivity contribution < 1.29 is 18.9 Å². The van der Waals surface area contributed by atoms with Gasteiger partial charge in [-0.3, -0.25) is 0 Å². The Kier molecular flexibility index (Phi) is 20.0. The van der Waals surface area contributed by atoms with Crippen LogP contribution in [0.1, 0.15) is 72.1 Å². The molecule has 0 N–H and O–H groups in total. The van der Waals surface area contributed by atoms with Crippen LogP contribution in [0.5, 0.6) is 0 Å². The zero-order valence-electron chi connectivity index (χ0n) is 16.3. The minimum atomic E-state index is 0.611. The molecule has 0 aliphatic rings. The molecule has 0 heterocycles. The summed E-state index contributed by atoms with van der Waals surface area (Å²) in [6, 6.07) is 0. The molecule has 0 saturated carbocycles. The van der Waals surface area contributed by atoms with Crippen molar-refractivity contribution in [1.82, 2.24) is 0 Å². The van der Waals surface area contributed by atoms with Crippen LogP contribution >= 0.6 is 0 Å². The molecule has 0 aliphatic carbocycles. The molecule has 0 aromatic rings. The van der Waals surface area contributed by atoms with Crippen LogP contribution < -0.4 is 0 Å². The average molecular weight is 345 g/mol. The zero-order valence-corrected chi connectivity index (χ0v) is 16.3. The maximum absolute atomic E-state index is 5.61. The van der Waals surface area contributed by atoms with Crippen molar-refractivity contribution in [2.24, 2.45) is 0 Å². The Bertz CT molecular complexity index is 266. The number of rotatable bonds is 19. The van der Waals surface area contributed by atoms with E-state index in [0.717, 1.165) is 25.9 Å². The predicted molar refractivity (Wildman–Crippen MR) is 100 cm³/mol. The van der Waals surface area contributed by atoms with E-state index >= 15 is 0 Å². The van der Waals surface area contributed by atoms with E-state index in [4.69, 9.17) is 18.9 Å². The first kappa shape index (κ1) is 23.4. The smallest absolute Gasteiger partial charge is 0.111 e. The van der Waals surface area contributed by atoms with Gasteiger partial charge in [0.25, 0.3) is 0 Å². The topological polar surface area (TPSA) is 36.9 Å². The van der Waals surface area contributed by atoms with Crippen LogP contribution in [0.3, 0.4) is 0 Å². The van der Waals surface area contributed by atoms with Crippen molar-refractivity contribution in [2.45, 2.75) is 72.1 Å². The second kappa shape index (κ2) is 20.5. The largest absolute Gasteiger partial charge is 0.499 e. The lowest BCUT2D eigenvalue weighted by Crippen LogP contribution is -2.11. The molecule has 0 unspecified atom stereocenters. The Hall–Kier alpha value is -0.580. The highest BCUT2D eigenvalue weighted by molar-refractivity contribution is 4.97. The molecule has 0 bridgehead atoms. The van der Waals surface area contributed by atoms with E-state index in [9.17, 15) is 0 Å². The molecule has 0 radical (unpaired) electrons. The normalized spacial score (nSPS) is 11.9. The van der Waals surface area contributed by atoms with Crippen LogP contribution in [0, 0.1) is 0 Å². The van der Waals surface area contributed by atoms with Gasteiger partial charge in [0.05, 0.1) is 39.3 Å². The Labute approximate surface area is 149 Å². The van der Waals surface area contributed by atoms with Gasteiger partial charge < -0.3 is 18.9 Å². The number of hydrogen-bond acceptors (Lipinski definition) is 4. The van der Waals surface area contributed by atoms with Gasteiger partial charge in [-0.25, -0.2) is 0 Å². The third-order valence-electron chi connectivity index (χ3n) is 3.65. The van der Waals surface area contributed by atoms with Crippen molar-refractivity contribution in [1.29, 1.82) is 0 Å². The van der Waals surface area contributed by atoms with Gasteiger partial charge in [-0.1, -0.05) is 46.5 Å². The quantitative estimate of drug-likeness (QED) is 0.241. The molecule has 4 nitrogen and oxygen atoms in total. The molecule has 0 amide bonds. The standard InChI is InChI=1S/C20H40O4/c1-4-7-9-11-20(10-6-3)19-24-18-17-23-16-15-22-14-13-21-12-8-5-2/h19H,4-18H2,1-3H3/b20-19-. The van der Waals surface area contributed by atoms with Crippen LogP contribution in [-0.2, 0) is 18.9 Å². The van der Waals surface area contributed by atoms with Crippen LogP contribution in [0.25, 0.3) is 0 Å². The summed E-state index contributed by atoms with van der Waals surface area (Å²) < 4.78 is 22.0. The van der Waals surface area contributed by atoms with E-state index in [1.54, 1.807) is 0 Å². The van der Waals surface area contributed by atoms with Crippen molar-refractivity contribution in [3.8, 4) is 0 Å². The summed E-state index contributed by atoms with van der Waals surface area (Å²) in [5.74, 6) is 0. The van der Waals surface area contributed by atoms with E-state index < -0.39 is 0 Å². The molecular weight excluding hydrogens is 304 g/mol. The predicted octanol–water partition coefficient (Wildman–Crippen LogP) is 5.12. The Morgan fingerprint density at radius 1 is 0.583 bits per heavy atom. The molecule has 4 heteroatoms. The molecule has 0 aliphatic heterocycles. The van der Waals surface area contributed by atoms with E-state index in [2.05, 4.69) is 20.8 Å². The van der Waals surface area contributed by atoms with E-state index in [0.29, 0.717) is 39.6 Å². The molecule has 0 spiro atoms. The van der Waals surface area contributed by atoms with Gasteiger partial charge in [0.2, 0.25) is 0 Å². The molecule has 0 fully saturated rings. The molecule has 0 aromatic carbocycles. The highest BCUT2D eigenvalue weighted by atomic mass is 16.6. The summed E-state index contributed by atoms with van der Waals surface area (Å²) in [5, 5.41) is 0. The highest BCUT2D eigenvalue weighted by Gasteiger charge is 1.98. The van der Waals surface area contributed by atoms with Gasteiger partial charge in [-0.2, -0.15) is 0 Å². The van der Waals surface area contributed by atoms with Gasteiger partial charge in [-0.05, 0) is 31.3 Å². The zero-order chi connectivity index (χ0) is 17.7. The van der Waals surface area contributed by atoms with E-state index in [1.165, 1.54) is 37.7 Å². The molecule has 144 valence electrons. The average Bonchev–Trinajstić information content (AvgIpc) is 2.59. The van der Waals surface area contributed by atoms with Crippen LogP contribution in [0.15, 0.2) is 11.8 Å². The van der Waals surface area contributed by atoms with Crippen molar-refractivity contribution in [3.63, 3.8) is 0 Å². The van der Waals surface area contributed by atoms with E-state index in [1.807, 2.05) is 6.26 Å². The second-order valence-corrected chi connectivity index (χ2v) is 6.04. The summed E-state index contributed by atoms with van der Waals surface area (Å²) in [6.07, 6.45) is 11.6. The minimum Gasteiger partial charge on any atom is -0.499 e. The van der Waals surface area contributed by atoms with Crippen molar-refractivity contribution in [3.05, 3.63) is 11.8 Å². The fourth-order valence-electron chi connectivity index (χ4n) is 2.24. The molecule has 0 aromatic heterocycles. The number of allylic oxidation sites excluding steroid dienone is 1. The summed E-state index contributed by atoms with van der Waals surface area (Å²) in [7, 11) is 0. The Balaban J connectivity index is 3.38. The van der Waals surface area contributed by atoms with E-state index in [-0.39, 0.29) is 0 Å². The second-order valence-electron chi connectivity index (χ2n) is 6.04. The minimum absolute atomic E-state index is 0.611. The third kappa shape index (κ3) is 17.8. The van der Waals surface area contributed by atoms with Gasteiger partial charge in [0, 0.05) is 6.61 Å². The lowest BCUT2D eigenvalue weighted by Gasteiger charge is -2.08. The maximum atomic E-state index is 5.61. The SMILES string of the molecule is CCCCC/C(=C\OCCOCCOCCOCCCC)CCC. The highest BCUT2D eigenvalue weighted by Crippen LogP contribution is 2.14. The number of unbranched alkanes of at least 4 members (excludes halogenated alkanes) is 3. The summed E-state index contributed by atoms with van der Waals surface area (Å²) in [4.78, 5) is 0. The van der Waals surface area contributed by atoms with Gasteiger partial charge in [0.15, 0.2) is 0 Å². The van der Waals surface area contributed by atoms with Crippen molar-refractivity contribution >= 4 is 0 Å². The first-order chi connectivity index (χ1) is 11.8. The maximum Gasteiger partial charge on any atom is 0.111 e. The Morgan fingerprint density at radius 2 is 1.17 bits per heavy atom. The van der Waals surface area contributed by atoms with Crippen molar-refractivity contribution in [2.75, 3.05) is 46.2 Å². The van der Waals surface area contributed by atoms with Gasteiger partial charge >= 0.3 is 0 Å². The lowest BCUT2D eigenvalue weighted by atomic mass is 10.0. The number of hydrogen-bond donors (Lipinski definition) is 0. The summed E-state index contributed by atoms with van der Waals surface area (Å²) in [6.45, 7) is 11.2. The summed E-state index contributed by atoms with van der Waals surface area (Å²) in [5.41, 5.74) is 1.43. The van der Waals surface area contributed by atoms with Crippen LogP contribution in [0.4, 0.5) is 0 Å². The molecule has 0 rings (SSSR count). The molecule has 24 heavy (non-hydrogen) atoms. The lowest BCUT2D eigenvalue weighted by molar-refractivity contribution is 0.00606. The molecular formula is C20H40O4. The van der Waals surface area contributed by atoms with Gasteiger partial charge in [-0.15, -0.1) is 0 Å². The summed E-state index contributed by atoms with van der Waals surface area (Å²) >= 11 is 0. The van der Waals surface area contributed by atoms with Crippen LogP contribution in [-0.4, -0.2) is 46.2 Å².